The molecule has 140 valence electrons. The van der Waals surface area contributed by atoms with Gasteiger partial charge in [-0.1, -0.05) is 6.07 Å². The standard InChI is InChI=1S/C20H32N2O3/c1-4-25-11-5-8-21-20(24)17-6-9-22(10-7-17)14-18-12-15(2)16(3)13-19(18)23/h12-13,17,23H,4-11,14H2,1-3H3,(H,21,24). The molecule has 0 aliphatic carbocycles. The number of likely N-dealkylation sites (tertiary alicyclic amines) is 1. The Morgan fingerprint density at radius 3 is 2.64 bits per heavy atom. The Morgan fingerprint density at radius 2 is 1.96 bits per heavy atom. The van der Waals surface area contributed by atoms with Crippen LogP contribution in [0, 0.1) is 19.8 Å². The van der Waals surface area contributed by atoms with Crippen LogP contribution >= 0.6 is 0 Å². The number of carbonyl (C=O) groups is 1. The zero-order valence-electron chi connectivity index (χ0n) is 15.8. The van der Waals surface area contributed by atoms with E-state index in [4.69, 9.17) is 4.74 Å². The van der Waals surface area contributed by atoms with E-state index in [1.165, 1.54) is 5.56 Å². The summed E-state index contributed by atoms with van der Waals surface area (Å²) in [5, 5.41) is 13.2. The summed E-state index contributed by atoms with van der Waals surface area (Å²) in [6, 6.07) is 3.91. The summed E-state index contributed by atoms with van der Waals surface area (Å²) in [6.45, 7) is 10.7. The molecule has 0 unspecified atom stereocenters. The van der Waals surface area contributed by atoms with Crippen molar-refractivity contribution >= 4 is 5.91 Å². The number of nitrogens with one attached hydrogen (secondary N) is 1. The second kappa shape index (κ2) is 9.78. The quantitative estimate of drug-likeness (QED) is 0.709. The van der Waals surface area contributed by atoms with Crippen molar-refractivity contribution in [1.82, 2.24) is 10.2 Å². The van der Waals surface area contributed by atoms with E-state index < -0.39 is 0 Å². The fraction of sp³-hybridized carbons (Fsp3) is 0.650. The second-order valence-electron chi connectivity index (χ2n) is 6.96. The van der Waals surface area contributed by atoms with Gasteiger partial charge in [-0.2, -0.15) is 0 Å². The smallest absolute Gasteiger partial charge is 0.223 e. The van der Waals surface area contributed by atoms with Crippen molar-refractivity contribution in [2.24, 2.45) is 5.92 Å². The number of aromatic hydroxyl groups is 1. The number of phenolic OH excluding ortho intramolecular Hbond substituents is 1. The van der Waals surface area contributed by atoms with Crippen LogP contribution < -0.4 is 5.32 Å². The van der Waals surface area contributed by atoms with Crippen molar-refractivity contribution in [3.8, 4) is 5.75 Å². The highest BCUT2D eigenvalue weighted by Gasteiger charge is 2.25. The van der Waals surface area contributed by atoms with Gasteiger partial charge in [0.05, 0.1) is 0 Å². The first-order valence-electron chi connectivity index (χ1n) is 9.38. The summed E-state index contributed by atoms with van der Waals surface area (Å²) in [4.78, 5) is 14.5. The van der Waals surface area contributed by atoms with E-state index in [9.17, 15) is 9.90 Å². The highest BCUT2D eigenvalue weighted by molar-refractivity contribution is 5.78. The third kappa shape index (κ3) is 6.01. The molecule has 0 atom stereocenters. The monoisotopic (exact) mass is 348 g/mol. The predicted octanol–water partition coefficient (Wildman–Crippen LogP) is 2.76. The SMILES string of the molecule is CCOCCCNC(=O)C1CCN(Cc2cc(C)c(C)cc2O)CC1. The minimum Gasteiger partial charge on any atom is -0.508 e. The third-order valence-electron chi connectivity index (χ3n) is 5.02. The number of carbonyl (C=O) groups excluding carboxylic acids is 1. The van der Waals surface area contributed by atoms with E-state index in [-0.39, 0.29) is 11.8 Å². The molecule has 0 radical (unpaired) electrons. The van der Waals surface area contributed by atoms with Gasteiger partial charge in [0.2, 0.25) is 5.91 Å². The number of ether oxygens (including phenoxy) is 1. The molecule has 2 rings (SSSR count). The molecule has 0 aromatic heterocycles. The van der Waals surface area contributed by atoms with Crippen molar-refractivity contribution in [2.45, 2.75) is 46.6 Å². The summed E-state index contributed by atoms with van der Waals surface area (Å²) in [6.07, 6.45) is 2.62. The summed E-state index contributed by atoms with van der Waals surface area (Å²) in [5.74, 6) is 0.652. The minimum absolute atomic E-state index is 0.108. The minimum atomic E-state index is 0.108. The number of aryl methyl sites for hydroxylation is 2. The van der Waals surface area contributed by atoms with Crippen molar-refractivity contribution in [3.63, 3.8) is 0 Å². The zero-order valence-corrected chi connectivity index (χ0v) is 15.8. The molecule has 0 spiro atoms. The molecule has 1 aromatic carbocycles. The molecule has 5 nitrogen and oxygen atoms in total. The van der Waals surface area contributed by atoms with E-state index in [1.807, 2.05) is 19.9 Å². The van der Waals surface area contributed by atoms with Gasteiger partial charge in [-0.05, 0) is 70.3 Å². The average Bonchev–Trinajstić information content (AvgIpc) is 2.60. The molecule has 1 fully saturated rings. The van der Waals surface area contributed by atoms with Gasteiger partial charge in [0, 0.05) is 37.8 Å². The zero-order chi connectivity index (χ0) is 18.2. The van der Waals surface area contributed by atoms with E-state index in [2.05, 4.69) is 23.2 Å². The van der Waals surface area contributed by atoms with Crippen molar-refractivity contribution in [2.75, 3.05) is 32.8 Å². The molecule has 0 bridgehead atoms. The van der Waals surface area contributed by atoms with Crippen molar-refractivity contribution < 1.29 is 14.6 Å². The Morgan fingerprint density at radius 1 is 1.28 bits per heavy atom. The number of hydrogen-bond donors (Lipinski definition) is 2. The van der Waals surface area contributed by atoms with Crippen LogP contribution in [0.4, 0.5) is 0 Å². The van der Waals surface area contributed by atoms with Gasteiger partial charge in [0.25, 0.3) is 0 Å². The van der Waals surface area contributed by atoms with Crippen LogP contribution in [0.2, 0.25) is 0 Å². The van der Waals surface area contributed by atoms with Crippen LogP contribution in [0.3, 0.4) is 0 Å². The third-order valence-corrected chi connectivity index (χ3v) is 5.02. The van der Waals surface area contributed by atoms with Gasteiger partial charge >= 0.3 is 0 Å². The summed E-state index contributed by atoms with van der Waals surface area (Å²) >= 11 is 0. The number of rotatable bonds is 8. The topological polar surface area (TPSA) is 61.8 Å². The van der Waals surface area contributed by atoms with Crippen LogP contribution in [0.5, 0.6) is 5.75 Å². The molecule has 1 aliphatic rings. The number of phenols is 1. The molecule has 1 aromatic rings. The number of piperidine rings is 1. The van der Waals surface area contributed by atoms with Crippen LogP contribution in [0.1, 0.15) is 42.9 Å². The lowest BCUT2D eigenvalue weighted by Crippen LogP contribution is -2.40. The highest BCUT2D eigenvalue weighted by atomic mass is 16.5. The van der Waals surface area contributed by atoms with E-state index in [1.54, 1.807) is 0 Å². The number of hydrogen-bond acceptors (Lipinski definition) is 4. The maximum Gasteiger partial charge on any atom is 0.223 e. The first-order valence-corrected chi connectivity index (χ1v) is 9.38. The van der Waals surface area contributed by atoms with Crippen LogP contribution in [0.15, 0.2) is 12.1 Å². The van der Waals surface area contributed by atoms with Gasteiger partial charge in [-0.25, -0.2) is 0 Å². The number of amides is 1. The molecular formula is C20H32N2O3. The highest BCUT2D eigenvalue weighted by Crippen LogP contribution is 2.25. The molecule has 1 heterocycles. The maximum atomic E-state index is 12.2. The first kappa shape index (κ1) is 19.7. The second-order valence-corrected chi connectivity index (χ2v) is 6.96. The Balaban J connectivity index is 1.74. The molecule has 1 saturated heterocycles. The Kier molecular flexibility index (Phi) is 7.72. The molecule has 1 aliphatic heterocycles. The molecule has 5 heteroatoms. The van der Waals surface area contributed by atoms with Gasteiger partial charge in [-0.3, -0.25) is 9.69 Å². The molecule has 1 amide bonds. The number of benzene rings is 1. The fourth-order valence-corrected chi connectivity index (χ4v) is 3.26. The van der Waals surface area contributed by atoms with Gasteiger partial charge in [0.1, 0.15) is 5.75 Å². The molecule has 2 N–H and O–H groups in total. The van der Waals surface area contributed by atoms with Gasteiger partial charge < -0.3 is 15.2 Å². The molecule has 25 heavy (non-hydrogen) atoms. The summed E-state index contributed by atoms with van der Waals surface area (Å²) in [7, 11) is 0. The number of nitrogens with zero attached hydrogens (tertiary/aromatic N) is 1. The van der Waals surface area contributed by atoms with Crippen LogP contribution in [0.25, 0.3) is 0 Å². The Hall–Kier alpha value is -1.59. The normalized spacial score (nSPS) is 16.1. The van der Waals surface area contributed by atoms with E-state index in [0.29, 0.717) is 18.9 Å². The van der Waals surface area contributed by atoms with Crippen LogP contribution in [-0.2, 0) is 16.1 Å². The lowest BCUT2D eigenvalue weighted by atomic mass is 9.95. The Labute approximate surface area is 151 Å². The van der Waals surface area contributed by atoms with Gasteiger partial charge in [0.15, 0.2) is 0 Å². The lowest BCUT2D eigenvalue weighted by Gasteiger charge is -2.31. The van der Waals surface area contributed by atoms with Crippen LogP contribution in [-0.4, -0.2) is 48.8 Å². The Bertz CT molecular complexity index is 566. The van der Waals surface area contributed by atoms with E-state index in [0.717, 1.165) is 56.6 Å². The largest absolute Gasteiger partial charge is 0.508 e. The van der Waals surface area contributed by atoms with E-state index >= 15 is 0 Å². The van der Waals surface area contributed by atoms with Gasteiger partial charge in [-0.15, -0.1) is 0 Å². The molecular weight excluding hydrogens is 316 g/mol. The fourth-order valence-electron chi connectivity index (χ4n) is 3.26. The first-order chi connectivity index (χ1) is 12.0. The molecule has 0 saturated carbocycles. The predicted molar refractivity (Wildman–Crippen MR) is 99.7 cm³/mol. The van der Waals surface area contributed by atoms with Crippen molar-refractivity contribution in [1.29, 1.82) is 0 Å². The van der Waals surface area contributed by atoms with Crippen molar-refractivity contribution in [3.05, 3.63) is 28.8 Å². The maximum absolute atomic E-state index is 12.2. The summed E-state index contributed by atoms with van der Waals surface area (Å²) < 4.78 is 5.28. The average molecular weight is 348 g/mol. The lowest BCUT2D eigenvalue weighted by molar-refractivity contribution is -0.126. The summed E-state index contributed by atoms with van der Waals surface area (Å²) in [5.41, 5.74) is 3.29.